The molecule has 5 atom stereocenters. The van der Waals surface area contributed by atoms with Crippen molar-refractivity contribution in [2.24, 2.45) is 17.2 Å². The topological polar surface area (TPSA) is 240 Å². The zero-order valence-electron chi connectivity index (χ0n) is 17.2. The van der Waals surface area contributed by atoms with Crippen LogP contribution in [0.2, 0.25) is 0 Å². The Morgan fingerprint density at radius 1 is 0.968 bits per heavy atom. The molecule has 0 fully saturated rings. The van der Waals surface area contributed by atoms with Gasteiger partial charge in [-0.25, -0.2) is 4.79 Å². The van der Waals surface area contributed by atoms with Gasteiger partial charge < -0.3 is 43.4 Å². The molecule has 0 saturated carbocycles. The molecular formula is C17H32N6O7S. The number of aliphatic hydroxyl groups excluding tert-OH is 1. The first-order chi connectivity index (χ1) is 14.4. The van der Waals surface area contributed by atoms with Crippen molar-refractivity contribution >= 4 is 42.2 Å². The lowest BCUT2D eigenvalue weighted by atomic mass is 10.1. The van der Waals surface area contributed by atoms with Gasteiger partial charge >= 0.3 is 5.97 Å². The SMILES string of the molecule is CC(O)C(NC(=O)C(N)CCCCN)C(=O)NC(CC(N)=O)C(=O)NC(CS)C(=O)O. The summed E-state index contributed by atoms with van der Waals surface area (Å²) in [6.45, 7) is 1.67. The lowest BCUT2D eigenvalue weighted by Gasteiger charge is -2.26. The lowest BCUT2D eigenvalue weighted by molar-refractivity contribution is -0.142. The van der Waals surface area contributed by atoms with Gasteiger partial charge in [0.15, 0.2) is 0 Å². The Bertz CT molecular complexity index is 648. The highest BCUT2D eigenvalue weighted by Gasteiger charge is 2.32. The second kappa shape index (κ2) is 14.6. The monoisotopic (exact) mass is 464 g/mol. The van der Waals surface area contributed by atoms with E-state index in [0.29, 0.717) is 25.8 Å². The predicted octanol–water partition coefficient (Wildman–Crippen LogP) is -3.83. The third kappa shape index (κ3) is 11.0. The van der Waals surface area contributed by atoms with Gasteiger partial charge in [0.1, 0.15) is 18.1 Å². The van der Waals surface area contributed by atoms with Crippen LogP contribution in [0.4, 0.5) is 0 Å². The van der Waals surface area contributed by atoms with E-state index in [9.17, 15) is 29.1 Å². The summed E-state index contributed by atoms with van der Waals surface area (Å²) >= 11 is 3.81. The third-order valence-corrected chi connectivity index (χ3v) is 4.57. The molecule has 0 saturated heterocycles. The summed E-state index contributed by atoms with van der Waals surface area (Å²) in [5.74, 6) is -5.25. The molecule has 31 heavy (non-hydrogen) atoms. The van der Waals surface area contributed by atoms with E-state index >= 15 is 0 Å². The largest absolute Gasteiger partial charge is 0.480 e. The maximum atomic E-state index is 12.6. The summed E-state index contributed by atoms with van der Waals surface area (Å²) in [5.41, 5.74) is 16.2. The van der Waals surface area contributed by atoms with Crippen LogP contribution in [-0.4, -0.2) is 82.4 Å². The average Bonchev–Trinajstić information content (AvgIpc) is 2.68. The van der Waals surface area contributed by atoms with E-state index in [1.807, 2.05) is 0 Å². The van der Waals surface area contributed by atoms with Crippen molar-refractivity contribution in [1.82, 2.24) is 16.0 Å². The number of aliphatic carboxylic acids is 1. The number of primary amides is 1. The molecule has 178 valence electrons. The number of carboxylic acid groups (broad SMARTS) is 1. The fourth-order valence-corrected chi connectivity index (χ4v) is 2.68. The molecule has 0 heterocycles. The van der Waals surface area contributed by atoms with Crippen molar-refractivity contribution in [1.29, 1.82) is 0 Å². The minimum Gasteiger partial charge on any atom is -0.480 e. The van der Waals surface area contributed by atoms with Crippen molar-refractivity contribution in [3.8, 4) is 0 Å². The van der Waals surface area contributed by atoms with Crippen LogP contribution >= 0.6 is 12.6 Å². The molecule has 0 bridgehead atoms. The van der Waals surface area contributed by atoms with Gasteiger partial charge in [-0.05, 0) is 26.3 Å². The summed E-state index contributed by atoms with van der Waals surface area (Å²) in [6, 6.07) is -5.35. The van der Waals surface area contributed by atoms with E-state index < -0.39 is 66.3 Å². The molecule has 11 N–H and O–H groups in total. The Kier molecular flexibility index (Phi) is 13.4. The Balaban J connectivity index is 5.26. The van der Waals surface area contributed by atoms with Gasteiger partial charge in [-0.15, -0.1) is 0 Å². The van der Waals surface area contributed by atoms with E-state index in [2.05, 4.69) is 28.6 Å². The minimum absolute atomic E-state index is 0.243. The number of nitrogens with two attached hydrogens (primary N) is 3. The Hall–Kier alpha value is -2.42. The van der Waals surface area contributed by atoms with Crippen molar-refractivity contribution in [2.45, 2.75) is 62.9 Å². The van der Waals surface area contributed by atoms with Crippen LogP contribution in [0.15, 0.2) is 0 Å². The Morgan fingerprint density at radius 2 is 1.55 bits per heavy atom. The normalized spacial score (nSPS) is 15.6. The zero-order chi connectivity index (χ0) is 24.1. The molecule has 0 aliphatic rings. The van der Waals surface area contributed by atoms with Crippen molar-refractivity contribution in [2.75, 3.05) is 12.3 Å². The van der Waals surface area contributed by atoms with Gasteiger partial charge in [-0.3, -0.25) is 19.2 Å². The van der Waals surface area contributed by atoms with Crippen LogP contribution in [0, 0.1) is 0 Å². The molecule has 5 unspecified atom stereocenters. The number of thiol groups is 1. The lowest BCUT2D eigenvalue weighted by Crippen LogP contribution is -2.60. The van der Waals surface area contributed by atoms with E-state index in [1.54, 1.807) is 0 Å². The van der Waals surface area contributed by atoms with Crippen LogP contribution in [-0.2, 0) is 24.0 Å². The Morgan fingerprint density at radius 3 is 2.00 bits per heavy atom. The fourth-order valence-electron chi connectivity index (χ4n) is 2.43. The zero-order valence-corrected chi connectivity index (χ0v) is 18.1. The van der Waals surface area contributed by atoms with Crippen LogP contribution in [0.3, 0.4) is 0 Å². The first kappa shape index (κ1) is 28.6. The number of nitrogens with one attached hydrogen (secondary N) is 3. The molecule has 0 radical (unpaired) electrons. The molecular weight excluding hydrogens is 432 g/mol. The summed E-state index contributed by atoms with van der Waals surface area (Å²) in [7, 11) is 0. The highest BCUT2D eigenvalue weighted by Crippen LogP contribution is 2.03. The second-order valence-corrected chi connectivity index (χ2v) is 7.30. The van der Waals surface area contributed by atoms with E-state index in [-0.39, 0.29) is 5.75 Å². The first-order valence-electron chi connectivity index (χ1n) is 9.61. The smallest absolute Gasteiger partial charge is 0.327 e. The average molecular weight is 465 g/mol. The molecule has 4 amide bonds. The fraction of sp³-hybridized carbons (Fsp3) is 0.706. The molecule has 0 aliphatic heterocycles. The third-order valence-electron chi connectivity index (χ3n) is 4.20. The molecule has 0 aliphatic carbocycles. The number of hydrogen-bond acceptors (Lipinski definition) is 9. The van der Waals surface area contributed by atoms with Crippen LogP contribution in [0.25, 0.3) is 0 Å². The van der Waals surface area contributed by atoms with Crippen LogP contribution in [0.5, 0.6) is 0 Å². The summed E-state index contributed by atoms with van der Waals surface area (Å²) in [4.78, 5) is 59.5. The molecule has 13 nitrogen and oxygen atoms in total. The molecule has 0 rings (SSSR count). The van der Waals surface area contributed by atoms with Gasteiger partial charge in [0.2, 0.25) is 23.6 Å². The standard InChI is InChI=1S/C17H32N6O7S/c1-8(24)13(23-14(26)9(19)4-2-3-5-18)16(28)21-10(6-12(20)25)15(27)22-11(7-31)17(29)30/h8-11,13,24,31H,2-7,18-19H2,1H3,(H2,20,25)(H,21,28)(H,22,27)(H,23,26)(H,29,30). The highest BCUT2D eigenvalue weighted by molar-refractivity contribution is 7.80. The number of carboxylic acids is 1. The molecule has 14 heteroatoms. The quantitative estimate of drug-likeness (QED) is 0.0850. The Labute approximate surface area is 185 Å². The maximum absolute atomic E-state index is 12.6. The molecule has 0 aromatic heterocycles. The van der Waals surface area contributed by atoms with Crippen molar-refractivity contribution in [3.05, 3.63) is 0 Å². The number of carbonyl (C=O) groups is 5. The highest BCUT2D eigenvalue weighted by atomic mass is 32.1. The number of aliphatic hydroxyl groups is 1. The van der Waals surface area contributed by atoms with Crippen LogP contribution < -0.4 is 33.2 Å². The minimum atomic E-state index is -1.54. The molecule has 0 spiro atoms. The van der Waals surface area contributed by atoms with Gasteiger partial charge in [0, 0.05) is 5.75 Å². The maximum Gasteiger partial charge on any atom is 0.327 e. The first-order valence-corrected chi connectivity index (χ1v) is 10.2. The van der Waals surface area contributed by atoms with E-state index in [4.69, 9.17) is 22.3 Å². The van der Waals surface area contributed by atoms with Gasteiger partial charge in [-0.2, -0.15) is 12.6 Å². The van der Waals surface area contributed by atoms with Gasteiger partial charge in [0.25, 0.3) is 0 Å². The van der Waals surface area contributed by atoms with Crippen molar-refractivity contribution in [3.63, 3.8) is 0 Å². The number of amides is 4. The van der Waals surface area contributed by atoms with Crippen LogP contribution in [0.1, 0.15) is 32.6 Å². The van der Waals surface area contributed by atoms with Gasteiger partial charge in [0.05, 0.1) is 18.6 Å². The van der Waals surface area contributed by atoms with Gasteiger partial charge in [-0.1, -0.05) is 6.42 Å². The number of unbranched alkanes of at least 4 members (excludes halogenated alkanes) is 1. The van der Waals surface area contributed by atoms with E-state index in [1.165, 1.54) is 6.92 Å². The predicted molar refractivity (Wildman–Crippen MR) is 114 cm³/mol. The molecule has 0 aromatic carbocycles. The number of carbonyl (C=O) groups excluding carboxylic acids is 4. The van der Waals surface area contributed by atoms with E-state index in [0.717, 1.165) is 0 Å². The number of hydrogen-bond donors (Lipinski definition) is 9. The summed E-state index contributed by atoms with van der Waals surface area (Å²) < 4.78 is 0. The molecule has 0 aromatic rings. The summed E-state index contributed by atoms with van der Waals surface area (Å²) in [6.07, 6.45) is -0.455. The summed E-state index contributed by atoms with van der Waals surface area (Å²) in [5, 5.41) is 25.5. The number of rotatable bonds is 15. The van der Waals surface area contributed by atoms with Crippen molar-refractivity contribution < 1.29 is 34.2 Å². The second-order valence-electron chi connectivity index (χ2n) is 6.93.